The zero-order valence-electron chi connectivity index (χ0n) is 12.2. The highest BCUT2D eigenvalue weighted by molar-refractivity contribution is 9.10. The number of amides is 2. The van der Waals surface area contributed by atoms with Gasteiger partial charge in [0.2, 0.25) is 0 Å². The molecule has 3 N–H and O–H groups in total. The predicted octanol–water partition coefficient (Wildman–Crippen LogP) is 0.948. The number of nitrogens with one attached hydrogen (secondary N) is 3. The van der Waals surface area contributed by atoms with Crippen molar-refractivity contribution in [2.45, 2.75) is 6.54 Å². The Hall–Kier alpha value is -2.94. The average molecular weight is 390 g/mol. The highest BCUT2D eigenvalue weighted by Gasteiger charge is 2.10. The van der Waals surface area contributed by atoms with Gasteiger partial charge in [0.25, 0.3) is 17.4 Å². The van der Waals surface area contributed by atoms with Gasteiger partial charge in [-0.1, -0.05) is 15.9 Å². The topological polar surface area (TPSA) is 109 Å². The van der Waals surface area contributed by atoms with Crippen molar-refractivity contribution in [2.24, 2.45) is 0 Å². The van der Waals surface area contributed by atoms with E-state index in [1.54, 1.807) is 36.5 Å². The van der Waals surface area contributed by atoms with Crippen LogP contribution in [0.3, 0.4) is 0 Å². The number of halogens is 1. The minimum absolute atomic E-state index is 0.265. The molecule has 3 aromatic rings. The minimum Gasteiger partial charge on any atom is -0.357 e. The Kier molecular flexibility index (Phi) is 4.43. The van der Waals surface area contributed by atoms with E-state index in [-0.39, 0.29) is 12.1 Å². The van der Waals surface area contributed by atoms with Gasteiger partial charge in [0, 0.05) is 10.7 Å². The fourth-order valence-corrected chi connectivity index (χ4v) is 2.46. The van der Waals surface area contributed by atoms with Gasteiger partial charge in [-0.15, -0.1) is 0 Å². The monoisotopic (exact) mass is 389 g/mol. The lowest BCUT2D eigenvalue weighted by atomic mass is 10.2. The van der Waals surface area contributed by atoms with Crippen LogP contribution in [0.5, 0.6) is 0 Å². The van der Waals surface area contributed by atoms with Gasteiger partial charge in [0.15, 0.2) is 0 Å². The summed E-state index contributed by atoms with van der Waals surface area (Å²) in [5.74, 6) is -1.03. The molecule has 1 aromatic carbocycles. The molecular weight excluding hydrogens is 378 g/mol. The fraction of sp³-hybridized carbons (Fsp3) is 0.0667. The Bertz CT molecular complexity index is 965. The number of fused-ring (bicyclic) bond motifs is 1. The molecule has 0 fully saturated rings. The lowest BCUT2D eigenvalue weighted by molar-refractivity contribution is -0.122. The van der Waals surface area contributed by atoms with Crippen LogP contribution in [-0.4, -0.2) is 26.3 Å². The SMILES string of the molecule is O=C(Cn1cnc2ccc(Br)cc2c1=O)NNC(=O)c1ccc[nH]1. The molecule has 9 heteroatoms. The molecule has 122 valence electrons. The van der Waals surface area contributed by atoms with Crippen molar-refractivity contribution in [1.82, 2.24) is 25.4 Å². The number of hydrazine groups is 1. The first-order valence-corrected chi connectivity index (χ1v) is 7.71. The molecule has 0 saturated carbocycles. The van der Waals surface area contributed by atoms with E-state index < -0.39 is 11.8 Å². The molecular formula is C15H12BrN5O3. The molecule has 0 aliphatic rings. The van der Waals surface area contributed by atoms with E-state index in [2.05, 4.69) is 36.7 Å². The largest absolute Gasteiger partial charge is 0.357 e. The van der Waals surface area contributed by atoms with Crippen molar-refractivity contribution in [3.63, 3.8) is 0 Å². The number of aromatic nitrogens is 3. The predicted molar refractivity (Wildman–Crippen MR) is 90.1 cm³/mol. The summed E-state index contributed by atoms with van der Waals surface area (Å²) in [4.78, 5) is 42.8. The number of H-pyrrole nitrogens is 1. The smallest absolute Gasteiger partial charge is 0.286 e. The molecule has 0 aliphatic carbocycles. The molecule has 2 heterocycles. The second-order valence-electron chi connectivity index (χ2n) is 4.93. The number of hydrogen-bond acceptors (Lipinski definition) is 4. The summed E-state index contributed by atoms with van der Waals surface area (Å²) in [5.41, 5.74) is 5.02. The molecule has 0 bridgehead atoms. The third-order valence-corrected chi connectivity index (χ3v) is 3.75. The molecule has 0 atom stereocenters. The van der Waals surface area contributed by atoms with E-state index in [1.807, 2.05) is 0 Å². The molecule has 8 nitrogen and oxygen atoms in total. The third-order valence-electron chi connectivity index (χ3n) is 3.26. The molecule has 0 spiro atoms. The number of carbonyl (C=O) groups is 2. The lowest BCUT2D eigenvalue weighted by Gasteiger charge is -2.08. The van der Waals surface area contributed by atoms with Crippen molar-refractivity contribution >= 4 is 38.6 Å². The van der Waals surface area contributed by atoms with Crippen LogP contribution in [0, 0.1) is 0 Å². The second-order valence-corrected chi connectivity index (χ2v) is 5.84. The number of nitrogens with zero attached hydrogens (tertiary/aromatic N) is 2. The maximum Gasteiger partial charge on any atom is 0.286 e. The second kappa shape index (κ2) is 6.67. The van der Waals surface area contributed by atoms with Crippen LogP contribution in [0.15, 0.2) is 52.1 Å². The van der Waals surface area contributed by atoms with Gasteiger partial charge in [-0.2, -0.15) is 0 Å². The Labute approximate surface area is 144 Å². The number of benzene rings is 1. The van der Waals surface area contributed by atoms with Gasteiger partial charge in [0.1, 0.15) is 12.2 Å². The standard InChI is InChI=1S/C15H12BrN5O3/c16-9-3-4-11-10(6-9)15(24)21(8-18-11)7-13(22)19-20-14(23)12-2-1-5-17-12/h1-6,8,17H,7H2,(H,19,22)(H,20,23). The number of rotatable bonds is 3. The summed E-state index contributed by atoms with van der Waals surface area (Å²) in [6.07, 6.45) is 2.89. The van der Waals surface area contributed by atoms with Gasteiger partial charge in [-0.3, -0.25) is 29.8 Å². The zero-order chi connectivity index (χ0) is 17.1. The number of carbonyl (C=O) groups excluding carboxylic acids is 2. The minimum atomic E-state index is -0.548. The normalized spacial score (nSPS) is 10.5. The maximum atomic E-state index is 12.4. The summed E-state index contributed by atoms with van der Waals surface area (Å²) in [6.45, 7) is -0.265. The van der Waals surface area contributed by atoms with Crippen LogP contribution in [0.4, 0.5) is 0 Å². The first-order chi connectivity index (χ1) is 11.5. The van der Waals surface area contributed by atoms with Crippen molar-refractivity contribution in [2.75, 3.05) is 0 Å². The molecule has 0 unspecified atom stereocenters. The summed E-state index contributed by atoms with van der Waals surface area (Å²) in [5, 5.41) is 0.398. The van der Waals surface area contributed by atoms with E-state index in [1.165, 1.54) is 10.9 Å². The van der Waals surface area contributed by atoms with Crippen molar-refractivity contribution in [3.05, 3.63) is 63.4 Å². The molecule has 0 saturated heterocycles. The van der Waals surface area contributed by atoms with Crippen molar-refractivity contribution in [1.29, 1.82) is 0 Å². The molecule has 3 rings (SSSR count). The highest BCUT2D eigenvalue weighted by Crippen LogP contribution is 2.14. The van der Waals surface area contributed by atoms with Crippen molar-refractivity contribution < 1.29 is 9.59 Å². The van der Waals surface area contributed by atoms with Crippen LogP contribution < -0.4 is 16.4 Å². The summed E-state index contributed by atoms with van der Waals surface area (Å²) < 4.78 is 1.92. The van der Waals surface area contributed by atoms with E-state index in [9.17, 15) is 14.4 Å². The van der Waals surface area contributed by atoms with Crippen LogP contribution in [-0.2, 0) is 11.3 Å². The van der Waals surface area contributed by atoms with Crippen LogP contribution in [0.1, 0.15) is 10.5 Å². The van der Waals surface area contributed by atoms with Gasteiger partial charge in [-0.05, 0) is 30.3 Å². The first-order valence-electron chi connectivity index (χ1n) is 6.92. The van der Waals surface area contributed by atoms with Gasteiger partial charge >= 0.3 is 0 Å². The Morgan fingerprint density at radius 2 is 2.08 bits per heavy atom. The Morgan fingerprint density at radius 3 is 2.83 bits per heavy atom. The third kappa shape index (κ3) is 3.35. The maximum absolute atomic E-state index is 12.4. The van der Waals surface area contributed by atoms with E-state index in [0.717, 1.165) is 4.47 Å². The molecule has 2 aromatic heterocycles. The van der Waals surface area contributed by atoms with Crippen LogP contribution in [0.25, 0.3) is 10.9 Å². The van der Waals surface area contributed by atoms with E-state index in [0.29, 0.717) is 16.6 Å². The number of hydrogen-bond donors (Lipinski definition) is 3. The van der Waals surface area contributed by atoms with Crippen LogP contribution in [0.2, 0.25) is 0 Å². The summed E-state index contributed by atoms with van der Waals surface area (Å²) >= 11 is 3.30. The molecule has 0 radical (unpaired) electrons. The quantitative estimate of drug-likeness (QED) is 0.579. The van der Waals surface area contributed by atoms with Gasteiger partial charge in [-0.25, -0.2) is 4.98 Å². The first kappa shape index (κ1) is 15.9. The fourth-order valence-electron chi connectivity index (χ4n) is 2.10. The summed E-state index contributed by atoms with van der Waals surface area (Å²) in [7, 11) is 0. The molecule has 2 amide bonds. The summed E-state index contributed by atoms with van der Waals surface area (Å²) in [6, 6.07) is 8.36. The molecule has 0 aliphatic heterocycles. The van der Waals surface area contributed by atoms with Gasteiger partial charge < -0.3 is 4.98 Å². The van der Waals surface area contributed by atoms with Gasteiger partial charge in [0.05, 0.1) is 17.2 Å². The van der Waals surface area contributed by atoms with E-state index >= 15 is 0 Å². The van der Waals surface area contributed by atoms with E-state index in [4.69, 9.17) is 0 Å². The highest BCUT2D eigenvalue weighted by atomic mass is 79.9. The average Bonchev–Trinajstić information content (AvgIpc) is 3.10. The zero-order valence-corrected chi connectivity index (χ0v) is 13.8. The Balaban J connectivity index is 1.70. The van der Waals surface area contributed by atoms with Crippen LogP contribution >= 0.6 is 15.9 Å². The Morgan fingerprint density at radius 1 is 1.25 bits per heavy atom. The van der Waals surface area contributed by atoms with Crippen molar-refractivity contribution in [3.8, 4) is 0 Å². The molecule has 24 heavy (non-hydrogen) atoms. The lowest BCUT2D eigenvalue weighted by Crippen LogP contribution is -2.44. The number of aromatic amines is 1.